The molecule has 2 N–H and O–H groups in total. The van der Waals surface area contributed by atoms with Crippen LogP contribution in [0.5, 0.6) is 0 Å². The van der Waals surface area contributed by atoms with Crippen LogP contribution in [0.15, 0.2) is 24.3 Å². The van der Waals surface area contributed by atoms with Crippen molar-refractivity contribution in [2.75, 3.05) is 19.6 Å². The minimum Gasteiger partial charge on any atom is -0.351 e. The first-order valence-corrected chi connectivity index (χ1v) is 7.86. The maximum absolute atomic E-state index is 12.1. The third-order valence-corrected chi connectivity index (χ3v) is 4.23. The summed E-state index contributed by atoms with van der Waals surface area (Å²) in [6.45, 7) is 2.09. The molecule has 6 heteroatoms. The monoisotopic (exact) mass is 319 g/mol. The van der Waals surface area contributed by atoms with Crippen molar-refractivity contribution >= 4 is 34.3 Å². The van der Waals surface area contributed by atoms with Crippen LogP contribution >= 0.6 is 11.6 Å². The molecule has 1 saturated heterocycles. The molecule has 1 aliphatic heterocycles. The van der Waals surface area contributed by atoms with Crippen molar-refractivity contribution in [1.82, 2.24) is 15.2 Å². The molecule has 0 aliphatic carbocycles. The van der Waals surface area contributed by atoms with Gasteiger partial charge in [0, 0.05) is 31.4 Å². The van der Waals surface area contributed by atoms with Gasteiger partial charge in [-0.1, -0.05) is 23.7 Å². The van der Waals surface area contributed by atoms with Gasteiger partial charge in [0.05, 0.1) is 10.5 Å². The minimum atomic E-state index is -0.153. The van der Waals surface area contributed by atoms with Crippen LogP contribution in [0.25, 0.3) is 10.9 Å². The number of aromatic nitrogens is 1. The Bertz CT molecular complexity index is 710. The van der Waals surface area contributed by atoms with Gasteiger partial charge in [0.1, 0.15) is 5.69 Å². The third-order valence-electron chi connectivity index (χ3n) is 3.91. The number of nitrogens with zero attached hydrogens (tertiary/aromatic N) is 1. The fraction of sp³-hybridized carbons (Fsp3) is 0.375. The number of likely N-dealkylation sites (tertiary alicyclic amines) is 1. The Morgan fingerprint density at radius 2 is 2.27 bits per heavy atom. The zero-order valence-corrected chi connectivity index (χ0v) is 12.9. The van der Waals surface area contributed by atoms with E-state index >= 15 is 0 Å². The molecule has 1 fully saturated rings. The van der Waals surface area contributed by atoms with Gasteiger partial charge in [-0.25, -0.2) is 0 Å². The Hall–Kier alpha value is -2.01. The van der Waals surface area contributed by atoms with Crippen molar-refractivity contribution in [2.45, 2.75) is 19.3 Å². The summed E-state index contributed by atoms with van der Waals surface area (Å²) in [5.74, 6) is 0.0663. The molecule has 0 bridgehead atoms. The average Bonchev–Trinajstić information content (AvgIpc) is 3.11. The standard InChI is InChI=1S/C16H18ClN3O2/c17-12-5-1-4-11-10-13(19-15(11)12)16(22)18-7-3-9-20-8-2-6-14(20)21/h1,4-5,10,19H,2-3,6-9H2,(H,18,22). The van der Waals surface area contributed by atoms with Gasteiger partial charge in [-0.15, -0.1) is 0 Å². The van der Waals surface area contributed by atoms with Crippen molar-refractivity contribution in [3.05, 3.63) is 35.0 Å². The number of carbonyl (C=O) groups excluding carboxylic acids is 2. The van der Waals surface area contributed by atoms with Gasteiger partial charge in [0.2, 0.25) is 5.91 Å². The lowest BCUT2D eigenvalue weighted by atomic mass is 10.2. The molecule has 22 heavy (non-hydrogen) atoms. The van der Waals surface area contributed by atoms with E-state index in [1.165, 1.54) is 0 Å². The van der Waals surface area contributed by atoms with Gasteiger partial charge in [0.15, 0.2) is 0 Å². The molecular formula is C16H18ClN3O2. The maximum atomic E-state index is 12.1. The lowest BCUT2D eigenvalue weighted by molar-refractivity contribution is -0.127. The van der Waals surface area contributed by atoms with E-state index in [-0.39, 0.29) is 11.8 Å². The Morgan fingerprint density at radius 1 is 1.41 bits per heavy atom. The molecule has 2 heterocycles. The molecule has 3 rings (SSSR count). The van der Waals surface area contributed by atoms with Crippen molar-refractivity contribution in [1.29, 1.82) is 0 Å². The Balaban J connectivity index is 1.52. The number of aromatic amines is 1. The fourth-order valence-electron chi connectivity index (χ4n) is 2.75. The van der Waals surface area contributed by atoms with Crippen LogP contribution in [0.4, 0.5) is 0 Å². The van der Waals surface area contributed by atoms with Crippen molar-refractivity contribution in [3.8, 4) is 0 Å². The number of hydrogen-bond acceptors (Lipinski definition) is 2. The number of nitrogens with one attached hydrogen (secondary N) is 2. The van der Waals surface area contributed by atoms with Gasteiger partial charge in [0.25, 0.3) is 5.91 Å². The van der Waals surface area contributed by atoms with Gasteiger partial charge >= 0.3 is 0 Å². The zero-order chi connectivity index (χ0) is 15.5. The molecule has 0 spiro atoms. The van der Waals surface area contributed by atoms with Crippen LogP contribution in [0.2, 0.25) is 5.02 Å². The summed E-state index contributed by atoms with van der Waals surface area (Å²) in [5, 5.41) is 4.38. The van der Waals surface area contributed by atoms with E-state index < -0.39 is 0 Å². The number of amides is 2. The number of H-pyrrole nitrogens is 1. The minimum absolute atomic E-state index is 0.153. The van der Waals surface area contributed by atoms with E-state index in [2.05, 4.69) is 10.3 Å². The van der Waals surface area contributed by atoms with Gasteiger partial charge < -0.3 is 15.2 Å². The van der Waals surface area contributed by atoms with Crippen LogP contribution in [-0.2, 0) is 4.79 Å². The molecule has 1 aromatic heterocycles. The van der Waals surface area contributed by atoms with E-state index in [1.54, 1.807) is 12.1 Å². The van der Waals surface area contributed by atoms with E-state index in [9.17, 15) is 9.59 Å². The number of halogens is 1. The smallest absolute Gasteiger partial charge is 0.267 e. The molecule has 2 aromatic rings. The molecule has 0 atom stereocenters. The zero-order valence-electron chi connectivity index (χ0n) is 12.2. The summed E-state index contributed by atoms with van der Waals surface area (Å²) in [7, 11) is 0. The lowest BCUT2D eigenvalue weighted by Crippen LogP contribution is -2.30. The largest absolute Gasteiger partial charge is 0.351 e. The first kappa shape index (κ1) is 14.9. The van der Waals surface area contributed by atoms with Gasteiger partial charge in [-0.05, 0) is 25.0 Å². The molecule has 116 valence electrons. The number of fused-ring (bicyclic) bond motifs is 1. The quantitative estimate of drug-likeness (QED) is 0.832. The summed E-state index contributed by atoms with van der Waals surface area (Å²) in [5.41, 5.74) is 1.28. The lowest BCUT2D eigenvalue weighted by Gasteiger charge is -2.15. The second-order valence-corrected chi connectivity index (χ2v) is 5.89. The van der Waals surface area contributed by atoms with E-state index in [1.807, 2.05) is 17.0 Å². The predicted octanol–water partition coefficient (Wildman–Crippen LogP) is 2.56. The maximum Gasteiger partial charge on any atom is 0.267 e. The van der Waals surface area contributed by atoms with Gasteiger partial charge in [-0.2, -0.15) is 0 Å². The molecule has 1 aromatic carbocycles. The molecule has 2 amide bonds. The highest BCUT2D eigenvalue weighted by Gasteiger charge is 2.19. The molecule has 1 aliphatic rings. The molecule has 0 unspecified atom stereocenters. The summed E-state index contributed by atoms with van der Waals surface area (Å²) in [6, 6.07) is 7.34. The van der Waals surface area contributed by atoms with Crippen LogP contribution in [-0.4, -0.2) is 41.3 Å². The summed E-state index contributed by atoms with van der Waals surface area (Å²) >= 11 is 6.09. The highest BCUT2D eigenvalue weighted by Crippen LogP contribution is 2.23. The summed E-state index contributed by atoms with van der Waals surface area (Å²) < 4.78 is 0. The van der Waals surface area contributed by atoms with Crippen molar-refractivity contribution in [2.24, 2.45) is 0 Å². The number of hydrogen-bond donors (Lipinski definition) is 2. The average molecular weight is 320 g/mol. The van der Waals surface area contributed by atoms with Gasteiger partial charge in [-0.3, -0.25) is 9.59 Å². The highest BCUT2D eigenvalue weighted by molar-refractivity contribution is 6.35. The first-order valence-electron chi connectivity index (χ1n) is 7.48. The van der Waals surface area contributed by atoms with Crippen LogP contribution in [0.1, 0.15) is 29.8 Å². The fourth-order valence-corrected chi connectivity index (χ4v) is 2.98. The van der Waals surface area contributed by atoms with Crippen LogP contribution in [0, 0.1) is 0 Å². The first-order chi connectivity index (χ1) is 10.6. The van der Waals surface area contributed by atoms with Crippen molar-refractivity contribution < 1.29 is 9.59 Å². The summed E-state index contributed by atoms with van der Waals surface area (Å²) in [4.78, 5) is 28.5. The van der Waals surface area contributed by atoms with E-state index in [0.29, 0.717) is 30.2 Å². The van der Waals surface area contributed by atoms with Crippen LogP contribution < -0.4 is 5.32 Å². The summed E-state index contributed by atoms with van der Waals surface area (Å²) in [6.07, 6.45) is 2.36. The Kier molecular flexibility index (Phi) is 4.34. The predicted molar refractivity (Wildman–Crippen MR) is 86.1 cm³/mol. The van der Waals surface area contributed by atoms with E-state index in [0.717, 1.165) is 30.3 Å². The second kappa shape index (κ2) is 6.40. The third kappa shape index (κ3) is 3.09. The van der Waals surface area contributed by atoms with E-state index in [4.69, 9.17) is 11.6 Å². The number of carbonyl (C=O) groups is 2. The number of para-hydroxylation sites is 1. The molecule has 5 nitrogen and oxygen atoms in total. The molecule has 0 radical (unpaired) electrons. The van der Waals surface area contributed by atoms with Crippen molar-refractivity contribution in [3.63, 3.8) is 0 Å². The highest BCUT2D eigenvalue weighted by atomic mass is 35.5. The van der Waals surface area contributed by atoms with Crippen LogP contribution in [0.3, 0.4) is 0 Å². The number of benzene rings is 1. The number of rotatable bonds is 5. The molecule has 0 saturated carbocycles. The SMILES string of the molecule is O=C(NCCCN1CCCC1=O)c1cc2cccc(Cl)c2[nH]1. The normalized spacial score (nSPS) is 14.8. The molecular weight excluding hydrogens is 302 g/mol. The topological polar surface area (TPSA) is 65.2 Å². The Morgan fingerprint density at radius 3 is 3.00 bits per heavy atom. The second-order valence-electron chi connectivity index (χ2n) is 5.48. The Labute approximate surface area is 133 Å².